The van der Waals surface area contributed by atoms with Gasteiger partial charge in [-0.25, -0.2) is 9.59 Å². The van der Waals surface area contributed by atoms with Crippen molar-refractivity contribution in [2.75, 3.05) is 13.7 Å². The highest BCUT2D eigenvalue weighted by Gasteiger charge is 2.32. The number of hydrogen-bond donors (Lipinski definition) is 1. The van der Waals surface area contributed by atoms with Crippen molar-refractivity contribution >= 4 is 33.9 Å². The lowest BCUT2D eigenvalue weighted by Gasteiger charge is -2.27. The van der Waals surface area contributed by atoms with Gasteiger partial charge in [-0.2, -0.15) is 23.3 Å². The van der Waals surface area contributed by atoms with Gasteiger partial charge in [0.2, 0.25) is 0 Å². The number of rotatable bonds is 6. The third-order valence-electron chi connectivity index (χ3n) is 4.29. The summed E-state index contributed by atoms with van der Waals surface area (Å²) in [7, 11) is 1.37. The van der Waals surface area contributed by atoms with E-state index in [9.17, 15) is 32.7 Å². The summed E-state index contributed by atoms with van der Waals surface area (Å²) in [6, 6.07) is 0. The Morgan fingerprint density at radius 3 is 2.35 bits per heavy atom. The van der Waals surface area contributed by atoms with Gasteiger partial charge in [0.05, 0.1) is 35.2 Å². The summed E-state index contributed by atoms with van der Waals surface area (Å²) in [5.74, 6) is 0. The molecule has 0 bridgehead atoms. The van der Waals surface area contributed by atoms with Gasteiger partial charge < -0.3 is 9.84 Å². The molecule has 2 aromatic heterocycles. The predicted octanol–water partition coefficient (Wildman–Crippen LogP) is 2.85. The van der Waals surface area contributed by atoms with E-state index in [0.29, 0.717) is 10.4 Å². The average molecular weight is 464 g/mol. The topological polar surface area (TPSA) is 106 Å². The number of nitrogens with zero attached hydrogens (tertiary/aromatic N) is 4. The second-order valence-corrected chi connectivity index (χ2v) is 8.75. The molecule has 2 heterocycles. The zero-order valence-corrected chi connectivity index (χ0v) is 18.4. The molecule has 1 N–H and O–H groups in total. The van der Waals surface area contributed by atoms with Crippen molar-refractivity contribution in [2.45, 2.75) is 52.5 Å². The number of alkyl halides is 3. The molecule has 31 heavy (non-hydrogen) atoms. The molecule has 0 fully saturated rings. The minimum Gasteiger partial charge on any atom is -0.464 e. The maximum Gasteiger partial charge on any atom is 0.428 e. The molecule has 0 saturated heterocycles. The number of methoxy groups -OCH3 is 1. The summed E-state index contributed by atoms with van der Waals surface area (Å²) < 4.78 is 45.1. The number of carbonyl (C=O) groups is 1. The SMILES string of the molecule is COCCn1c(=O)n(CC(F)(F)F)c(=O)c2c(C)c(/C=N\N(C(=O)O)C(C)(C)C)sc21. The smallest absolute Gasteiger partial charge is 0.428 e. The van der Waals surface area contributed by atoms with Crippen LogP contribution in [0.15, 0.2) is 14.7 Å². The Labute approximate surface area is 179 Å². The highest BCUT2D eigenvalue weighted by molar-refractivity contribution is 7.20. The first-order valence-corrected chi connectivity index (χ1v) is 9.90. The number of aromatic nitrogens is 2. The molecule has 2 rings (SSSR count). The van der Waals surface area contributed by atoms with Gasteiger partial charge in [0, 0.05) is 7.11 Å². The fourth-order valence-corrected chi connectivity index (χ4v) is 4.04. The second kappa shape index (κ2) is 8.83. The molecule has 172 valence electrons. The molecular formula is C18H23F3N4O5S. The van der Waals surface area contributed by atoms with Crippen molar-refractivity contribution in [2.24, 2.45) is 5.10 Å². The van der Waals surface area contributed by atoms with Crippen LogP contribution in [0, 0.1) is 6.92 Å². The van der Waals surface area contributed by atoms with E-state index in [2.05, 4.69) is 5.10 Å². The lowest BCUT2D eigenvalue weighted by atomic mass is 10.1. The summed E-state index contributed by atoms with van der Waals surface area (Å²) >= 11 is 0.964. The summed E-state index contributed by atoms with van der Waals surface area (Å²) in [4.78, 5) is 37.4. The molecule has 0 aromatic carbocycles. The normalized spacial score (nSPS) is 12.8. The van der Waals surface area contributed by atoms with Crippen LogP contribution in [0.3, 0.4) is 0 Å². The highest BCUT2D eigenvalue weighted by Crippen LogP contribution is 2.27. The van der Waals surface area contributed by atoms with Gasteiger partial charge in [0.15, 0.2) is 0 Å². The molecule has 0 aliphatic carbocycles. The van der Waals surface area contributed by atoms with Crippen molar-refractivity contribution in [1.82, 2.24) is 14.1 Å². The van der Waals surface area contributed by atoms with Gasteiger partial charge in [0.25, 0.3) is 5.56 Å². The molecule has 0 saturated carbocycles. The maximum absolute atomic E-state index is 13.0. The number of thiophene rings is 1. The van der Waals surface area contributed by atoms with Crippen molar-refractivity contribution in [3.05, 3.63) is 31.3 Å². The summed E-state index contributed by atoms with van der Waals surface area (Å²) in [5.41, 5.74) is -2.72. The van der Waals surface area contributed by atoms with Gasteiger partial charge in [-0.15, -0.1) is 11.3 Å². The van der Waals surface area contributed by atoms with Crippen molar-refractivity contribution in [3.8, 4) is 0 Å². The first kappa shape index (κ1) is 24.6. The van der Waals surface area contributed by atoms with Gasteiger partial charge in [-0.1, -0.05) is 0 Å². The van der Waals surface area contributed by atoms with E-state index >= 15 is 0 Å². The largest absolute Gasteiger partial charge is 0.464 e. The van der Waals surface area contributed by atoms with Crippen LogP contribution in [0.4, 0.5) is 18.0 Å². The molecule has 0 spiro atoms. The zero-order valence-electron chi connectivity index (χ0n) is 17.6. The number of halogens is 3. The molecule has 13 heteroatoms. The Morgan fingerprint density at radius 1 is 1.26 bits per heavy atom. The first-order chi connectivity index (χ1) is 14.2. The number of hydrogen-bond acceptors (Lipinski definition) is 6. The lowest BCUT2D eigenvalue weighted by Crippen LogP contribution is -2.43. The van der Waals surface area contributed by atoms with E-state index in [-0.39, 0.29) is 27.9 Å². The Balaban J connectivity index is 2.76. The van der Waals surface area contributed by atoms with Crippen molar-refractivity contribution < 1.29 is 27.8 Å². The van der Waals surface area contributed by atoms with Crippen molar-refractivity contribution in [3.63, 3.8) is 0 Å². The standard InChI is InChI=1S/C18H23F3N4O5S/c1-10-11(8-22-25(16(28)29)17(2,3)4)31-14-12(10)13(26)24(9-18(19,20)21)15(27)23(14)6-7-30-5/h8H,6-7,9H2,1-5H3,(H,28,29)/b22-8-. The Bertz CT molecular complexity index is 1120. The predicted molar refractivity (Wildman–Crippen MR) is 110 cm³/mol. The molecule has 0 radical (unpaired) electrons. The number of amides is 1. The van der Waals surface area contributed by atoms with Crippen LogP contribution in [-0.4, -0.2) is 57.0 Å². The van der Waals surface area contributed by atoms with Gasteiger partial charge >= 0.3 is 18.0 Å². The fraction of sp³-hybridized carbons (Fsp3) is 0.556. The second-order valence-electron chi connectivity index (χ2n) is 7.71. The molecule has 0 atom stereocenters. The first-order valence-electron chi connectivity index (χ1n) is 9.08. The van der Waals surface area contributed by atoms with E-state index in [1.165, 1.54) is 20.2 Å². The van der Waals surface area contributed by atoms with E-state index in [1.807, 2.05) is 0 Å². The third kappa shape index (κ3) is 5.34. The number of ether oxygens (including phenoxy) is 1. The molecule has 0 aliphatic rings. The van der Waals surface area contributed by atoms with E-state index in [0.717, 1.165) is 20.9 Å². The van der Waals surface area contributed by atoms with Crippen LogP contribution in [0.5, 0.6) is 0 Å². The van der Waals surface area contributed by atoms with Gasteiger partial charge in [0.1, 0.15) is 11.4 Å². The number of carboxylic acid groups (broad SMARTS) is 1. The van der Waals surface area contributed by atoms with Crippen LogP contribution < -0.4 is 11.2 Å². The Kier molecular flexibility index (Phi) is 7.00. The monoisotopic (exact) mass is 464 g/mol. The molecule has 2 aromatic rings. The highest BCUT2D eigenvalue weighted by atomic mass is 32.1. The number of fused-ring (bicyclic) bond motifs is 1. The maximum atomic E-state index is 13.0. The van der Waals surface area contributed by atoms with E-state index in [1.54, 1.807) is 20.8 Å². The van der Waals surface area contributed by atoms with Crippen LogP contribution in [0.25, 0.3) is 10.2 Å². The number of aryl methyl sites for hydroxylation is 1. The fourth-order valence-electron chi connectivity index (χ4n) is 2.85. The lowest BCUT2D eigenvalue weighted by molar-refractivity contribution is -0.141. The van der Waals surface area contributed by atoms with Gasteiger partial charge in [-0.3, -0.25) is 13.9 Å². The molecule has 9 nitrogen and oxygen atoms in total. The zero-order chi connectivity index (χ0) is 23.7. The van der Waals surface area contributed by atoms with Gasteiger partial charge in [-0.05, 0) is 33.3 Å². The Hall–Kier alpha value is -2.67. The minimum atomic E-state index is -4.77. The Morgan fingerprint density at radius 2 is 1.87 bits per heavy atom. The van der Waals surface area contributed by atoms with Crippen LogP contribution in [0.1, 0.15) is 31.2 Å². The summed E-state index contributed by atoms with van der Waals surface area (Å²) in [5, 5.41) is 14.1. The summed E-state index contributed by atoms with van der Waals surface area (Å²) in [6.45, 7) is 4.66. The molecule has 1 amide bonds. The minimum absolute atomic E-state index is 0.0381. The van der Waals surface area contributed by atoms with Crippen molar-refractivity contribution in [1.29, 1.82) is 0 Å². The molecular weight excluding hydrogens is 441 g/mol. The molecule has 0 aliphatic heterocycles. The van der Waals surface area contributed by atoms with E-state index < -0.39 is 35.6 Å². The van der Waals surface area contributed by atoms with Crippen LogP contribution in [-0.2, 0) is 17.8 Å². The van der Waals surface area contributed by atoms with Crippen LogP contribution in [0.2, 0.25) is 0 Å². The quantitative estimate of drug-likeness (QED) is 0.523. The average Bonchev–Trinajstić information content (AvgIpc) is 2.93. The summed E-state index contributed by atoms with van der Waals surface area (Å²) in [6.07, 6.45) is -4.84. The number of hydrazone groups is 1. The third-order valence-corrected chi connectivity index (χ3v) is 5.54. The molecule has 0 unspecified atom stereocenters. The van der Waals surface area contributed by atoms with E-state index in [4.69, 9.17) is 4.74 Å². The van der Waals surface area contributed by atoms with Crippen LogP contribution >= 0.6 is 11.3 Å².